The van der Waals surface area contributed by atoms with Gasteiger partial charge < -0.3 is 17.7 Å². The molecule has 0 aliphatic carbocycles. The second kappa shape index (κ2) is 4.81. The van der Waals surface area contributed by atoms with Crippen molar-refractivity contribution >= 4 is 0 Å². The summed E-state index contributed by atoms with van der Waals surface area (Å²) in [6.45, 7) is 4.96. The fraction of sp³-hybridized carbons (Fsp3) is 0.500. The van der Waals surface area contributed by atoms with Crippen LogP contribution in [0.3, 0.4) is 0 Å². The monoisotopic (exact) mass is 211 g/mol. The van der Waals surface area contributed by atoms with E-state index in [1.807, 2.05) is 0 Å². The molecule has 0 bridgehead atoms. The number of hydrogen-bond acceptors (Lipinski definition) is 0. The first kappa shape index (κ1) is 11.5. The smallest absolute Gasteiger partial charge is 0.0763 e. The first-order valence-corrected chi connectivity index (χ1v) is 5.18. The number of piperidine rings is 1. The van der Waals surface area contributed by atoms with Crippen molar-refractivity contribution in [2.24, 2.45) is 0 Å². The van der Waals surface area contributed by atoms with Crippen LogP contribution in [0.2, 0.25) is 0 Å². The van der Waals surface area contributed by atoms with Crippen molar-refractivity contribution in [3.63, 3.8) is 0 Å². The predicted molar refractivity (Wildman–Crippen MR) is 54.7 cm³/mol. The third kappa shape index (κ3) is 2.28. The molecular weight excluding hydrogens is 194 g/mol. The van der Waals surface area contributed by atoms with E-state index in [2.05, 4.69) is 42.6 Å². The lowest BCUT2D eigenvalue weighted by atomic mass is 9.75. The summed E-state index contributed by atoms with van der Waals surface area (Å²) in [6.07, 6.45) is 2.63. The lowest BCUT2D eigenvalue weighted by molar-refractivity contribution is -0.665. The van der Waals surface area contributed by atoms with Crippen LogP contribution in [0.4, 0.5) is 0 Å². The minimum Gasteiger partial charge on any atom is -1.00 e. The van der Waals surface area contributed by atoms with Crippen LogP contribution < -0.4 is 17.7 Å². The number of quaternary nitrogens is 1. The summed E-state index contributed by atoms with van der Waals surface area (Å²) in [4.78, 5) is 0. The summed E-state index contributed by atoms with van der Waals surface area (Å²) in [5, 5.41) is 2.42. The maximum atomic E-state index is 2.42. The summed E-state index contributed by atoms with van der Waals surface area (Å²) >= 11 is 0. The van der Waals surface area contributed by atoms with Crippen LogP contribution in [0.5, 0.6) is 0 Å². The largest absolute Gasteiger partial charge is 1.00 e. The molecule has 2 rings (SSSR count). The van der Waals surface area contributed by atoms with Gasteiger partial charge in [0.2, 0.25) is 0 Å². The highest BCUT2D eigenvalue weighted by atomic mass is 35.5. The van der Waals surface area contributed by atoms with Gasteiger partial charge in [0.15, 0.2) is 0 Å². The Bertz CT molecular complexity index is 265. The summed E-state index contributed by atoms with van der Waals surface area (Å²) < 4.78 is 0. The Labute approximate surface area is 92.3 Å². The van der Waals surface area contributed by atoms with Crippen LogP contribution in [0.25, 0.3) is 0 Å². The molecule has 1 aromatic carbocycles. The summed E-state index contributed by atoms with van der Waals surface area (Å²) in [6, 6.07) is 10.9. The molecule has 14 heavy (non-hydrogen) atoms. The van der Waals surface area contributed by atoms with Gasteiger partial charge in [-0.25, -0.2) is 0 Å². The summed E-state index contributed by atoms with van der Waals surface area (Å²) in [5.41, 5.74) is 1.96. The van der Waals surface area contributed by atoms with E-state index in [0.717, 1.165) is 0 Å². The molecule has 1 nitrogen and oxygen atoms in total. The van der Waals surface area contributed by atoms with Crippen molar-refractivity contribution < 1.29 is 17.7 Å². The second-order valence-corrected chi connectivity index (χ2v) is 4.29. The van der Waals surface area contributed by atoms with Gasteiger partial charge in [0, 0.05) is 18.3 Å². The molecule has 1 saturated heterocycles. The Morgan fingerprint density at radius 3 is 2.21 bits per heavy atom. The van der Waals surface area contributed by atoms with Gasteiger partial charge in [-0.05, 0) is 5.56 Å². The topological polar surface area (TPSA) is 16.6 Å². The van der Waals surface area contributed by atoms with Crippen LogP contribution in [-0.2, 0) is 5.41 Å². The van der Waals surface area contributed by atoms with Gasteiger partial charge in [0.1, 0.15) is 0 Å². The fourth-order valence-corrected chi connectivity index (χ4v) is 2.24. The lowest BCUT2D eigenvalue weighted by Gasteiger charge is -2.32. The number of hydrogen-bond donors (Lipinski definition) is 1. The highest BCUT2D eigenvalue weighted by Crippen LogP contribution is 2.30. The average molecular weight is 212 g/mol. The Hall–Kier alpha value is -0.530. The molecule has 1 aliphatic rings. The molecule has 1 heterocycles. The van der Waals surface area contributed by atoms with Gasteiger partial charge >= 0.3 is 0 Å². The molecule has 78 valence electrons. The Morgan fingerprint density at radius 2 is 1.64 bits per heavy atom. The molecule has 0 atom stereocenters. The number of benzene rings is 1. The molecule has 2 N–H and O–H groups in total. The molecule has 1 aromatic rings. The minimum absolute atomic E-state index is 0. The molecule has 0 unspecified atom stereocenters. The second-order valence-electron chi connectivity index (χ2n) is 4.29. The van der Waals surface area contributed by atoms with Crippen LogP contribution >= 0.6 is 0 Å². The van der Waals surface area contributed by atoms with Crippen molar-refractivity contribution in [2.45, 2.75) is 25.2 Å². The van der Waals surface area contributed by atoms with E-state index in [9.17, 15) is 0 Å². The van der Waals surface area contributed by atoms with E-state index >= 15 is 0 Å². The molecule has 0 amide bonds. The van der Waals surface area contributed by atoms with E-state index < -0.39 is 0 Å². The van der Waals surface area contributed by atoms with Crippen molar-refractivity contribution in [1.82, 2.24) is 0 Å². The molecule has 1 fully saturated rings. The number of nitrogens with two attached hydrogens (primary N) is 1. The highest BCUT2D eigenvalue weighted by Gasteiger charge is 2.29. The molecule has 2 heteroatoms. The van der Waals surface area contributed by atoms with Gasteiger partial charge in [0.05, 0.1) is 13.1 Å². The van der Waals surface area contributed by atoms with Crippen LogP contribution in [0.1, 0.15) is 25.3 Å². The summed E-state index contributed by atoms with van der Waals surface area (Å²) in [7, 11) is 0. The van der Waals surface area contributed by atoms with E-state index in [1.165, 1.54) is 31.5 Å². The quantitative estimate of drug-likeness (QED) is 0.571. The Kier molecular flexibility index (Phi) is 3.97. The standard InChI is InChI=1S/C12H17N.ClH/c1-12(7-9-13-10-8-12)11-5-3-2-4-6-11;/h2-6,13H,7-10H2,1H3;1H. The minimum atomic E-state index is 0. The first-order valence-electron chi connectivity index (χ1n) is 5.18. The zero-order chi connectivity index (χ0) is 9.15. The zero-order valence-electron chi connectivity index (χ0n) is 8.67. The molecule has 1 aliphatic heterocycles. The molecule has 0 saturated carbocycles. The molecule has 0 radical (unpaired) electrons. The van der Waals surface area contributed by atoms with Gasteiger partial charge in [-0.3, -0.25) is 0 Å². The van der Waals surface area contributed by atoms with Crippen molar-refractivity contribution in [3.8, 4) is 0 Å². The van der Waals surface area contributed by atoms with Crippen molar-refractivity contribution in [2.75, 3.05) is 13.1 Å². The van der Waals surface area contributed by atoms with E-state index in [4.69, 9.17) is 0 Å². The molecular formula is C12H18ClN. The number of rotatable bonds is 1. The van der Waals surface area contributed by atoms with Crippen LogP contribution in [0, 0.1) is 0 Å². The fourth-order valence-electron chi connectivity index (χ4n) is 2.24. The SMILES string of the molecule is CC1(c2ccccc2)CC[NH2+]CC1.[Cl-]. The normalized spacial score (nSPS) is 19.8. The summed E-state index contributed by atoms with van der Waals surface area (Å²) in [5.74, 6) is 0. The van der Waals surface area contributed by atoms with E-state index in [0.29, 0.717) is 5.41 Å². The maximum absolute atomic E-state index is 2.42. The zero-order valence-corrected chi connectivity index (χ0v) is 9.43. The lowest BCUT2D eigenvalue weighted by Crippen LogP contribution is -3.00. The Morgan fingerprint density at radius 1 is 1.07 bits per heavy atom. The average Bonchev–Trinajstić information content (AvgIpc) is 2.20. The van der Waals surface area contributed by atoms with Crippen LogP contribution in [-0.4, -0.2) is 13.1 Å². The third-order valence-electron chi connectivity index (χ3n) is 3.27. The number of halogens is 1. The van der Waals surface area contributed by atoms with E-state index in [-0.39, 0.29) is 12.4 Å². The van der Waals surface area contributed by atoms with Gasteiger partial charge in [-0.1, -0.05) is 37.3 Å². The van der Waals surface area contributed by atoms with Crippen molar-refractivity contribution in [3.05, 3.63) is 35.9 Å². The van der Waals surface area contributed by atoms with Gasteiger partial charge in [0.25, 0.3) is 0 Å². The molecule has 0 spiro atoms. The molecule has 0 aromatic heterocycles. The first-order chi connectivity index (χ1) is 6.31. The van der Waals surface area contributed by atoms with Gasteiger partial charge in [-0.15, -0.1) is 0 Å². The third-order valence-corrected chi connectivity index (χ3v) is 3.27. The maximum Gasteiger partial charge on any atom is 0.0763 e. The Balaban J connectivity index is 0.000000980. The predicted octanol–water partition coefficient (Wildman–Crippen LogP) is -1.69. The van der Waals surface area contributed by atoms with Gasteiger partial charge in [-0.2, -0.15) is 0 Å². The van der Waals surface area contributed by atoms with E-state index in [1.54, 1.807) is 0 Å². The highest BCUT2D eigenvalue weighted by molar-refractivity contribution is 5.24. The van der Waals surface area contributed by atoms with Crippen molar-refractivity contribution in [1.29, 1.82) is 0 Å². The van der Waals surface area contributed by atoms with Crippen LogP contribution in [0.15, 0.2) is 30.3 Å².